The van der Waals surface area contributed by atoms with Gasteiger partial charge in [0.2, 0.25) is 11.8 Å². The lowest BCUT2D eigenvalue weighted by molar-refractivity contribution is -0.120. The van der Waals surface area contributed by atoms with Crippen LogP contribution in [0.2, 0.25) is 0 Å². The molecule has 1 N–H and O–H groups in total. The second-order valence-corrected chi connectivity index (χ2v) is 8.65. The predicted octanol–water partition coefficient (Wildman–Crippen LogP) is 2.99. The summed E-state index contributed by atoms with van der Waals surface area (Å²) in [5.41, 5.74) is 1.60. The van der Waals surface area contributed by atoms with E-state index in [1.165, 1.54) is 19.8 Å². The van der Waals surface area contributed by atoms with Crippen molar-refractivity contribution in [3.8, 4) is 11.9 Å². The van der Waals surface area contributed by atoms with Gasteiger partial charge in [0.15, 0.2) is 5.65 Å². The molecule has 0 aliphatic heterocycles. The van der Waals surface area contributed by atoms with Gasteiger partial charge < -0.3 is 19.5 Å². The van der Waals surface area contributed by atoms with E-state index >= 15 is 0 Å². The number of ether oxygens (including phenoxy) is 3. The smallest absolute Gasteiger partial charge is 0.298 e. The number of rotatable bonds is 9. The van der Waals surface area contributed by atoms with Crippen molar-refractivity contribution in [1.29, 1.82) is 0 Å². The minimum atomic E-state index is -0.0253. The minimum Gasteiger partial charge on any atom is -0.474 e. The highest BCUT2D eigenvalue weighted by atomic mass is 16.5. The first kappa shape index (κ1) is 20.9. The molecule has 8 heteroatoms. The van der Waals surface area contributed by atoms with Gasteiger partial charge in [-0.15, -0.1) is 0 Å². The Morgan fingerprint density at radius 2 is 1.90 bits per heavy atom. The monoisotopic (exact) mass is 416 g/mol. The molecule has 0 bridgehead atoms. The van der Waals surface area contributed by atoms with E-state index in [-0.39, 0.29) is 24.2 Å². The third-order valence-electron chi connectivity index (χ3n) is 5.74. The lowest BCUT2D eigenvalue weighted by Gasteiger charge is -2.29. The fraction of sp³-hybridized carbons (Fsp3) is 0.682. The molecule has 1 amide bonds. The molecule has 0 radical (unpaired) electrons. The van der Waals surface area contributed by atoms with Crippen LogP contribution >= 0.6 is 0 Å². The lowest BCUT2D eigenvalue weighted by Crippen LogP contribution is -2.36. The molecular formula is C22H32N4O4. The first-order valence-electron chi connectivity index (χ1n) is 11.0. The maximum atomic E-state index is 11.1. The first-order valence-corrected chi connectivity index (χ1v) is 11.0. The number of aromatic nitrogens is 3. The SMILES string of the molecule is CC(=O)N[C@@H](C)CO[C@H]1CC[C@H](Oc2ccc3nc(OCC4CC4)n(C)c3n2)CC1. The van der Waals surface area contributed by atoms with Crippen LogP contribution in [-0.2, 0) is 16.6 Å². The molecule has 0 spiro atoms. The van der Waals surface area contributed by atoms with E-state index in [2.05, 4.69) is 15.3 Å². The molecule has 2 fully saturated rings. The van der Waals surface area contributed by atoms with Crippen molar-refractivity contribution in [2.75, 3.05) is 13.2 Å². The Balaban J connectivity index is 1.27. The largest absolute Gasteiger partial charge is 0.474 e. The normalized spacial score (nSPS) is 22.6. The van der Waals surface area contributed by atoms with E-state index in [0.717, 1.165) is 43.5 Å². The van der Waals surface area contributed by atoms with Crippen LogP contribution in [0.15, 0.2) is 12.1 Å². The van der Waals surface area contributed by atoms with Crippen molar-refractivity contribution in [1.82, 2.24) is 19.9 Å². The van der Waals surface area contributed by atoms with Crippen LogP contribution in [0.4, 0.5) is 0 Å². The van der Waals surface area contributed by atoms with Crippen LogP contribution in [0, 0.1) is 5.92 Å². The van der Waals surface area contributed by atoms with Crippen molar-refractivity contribution >= 4 is 17.1 Å². The van der Waals surface area contributed by atoms with Gasteiger partial charge >= 0.3 is 0 Å². The number of carbonyl (C=O) groups is 1. The van der Waals surface area contributed by atoms with Gasteiger partial charge in [0.25, 0.3) is 6.01 Å². The maximum Gasteiger partial charge on any atom is 0.298 e. The first-order chi connectivity index (χ1) is 14.5. The number of imidazole rings is 1. The highest BCUT2D eigenvalue weighted by Crippen LogP contribution is 2.30. The number of nitrogens with zero attached hydrogens (tertiary/aromatic N) is 3. The summed E-state index contributed by atoms with van der Waals surface area (Å²) in [6, 6.07) is 4.48. The van der Waals surface area contributed by atoms with E-state index in [1.54, 1.807) is 0 Å². The molecule has 2 aliphatic rings. The topological polar surface area (TPSA) is 87.5 Å². The molecular weight excluding hydrogens is 384 g/mol. The summed E-state index contributed by atoms with van der Waals surface area (Å²) in [5, 5.41) is 2.85. The summed E-state index contributed by atoms with van der Waals surface area (Å²) in [5.74, 6) is 1.29. The summed E-state index contributed by atoms with van der Waals surface area (Å²) in [6.07, 6.45) is 6.62. The van der Waals surface area contributed by atoms with Gasteiger partial charge in [-0.25, -0.2) is 0 Å². The van der Waals surface area contributed by atoms with Gasteiger partial charge in [0.1, 0.15) is 11.6 Å². The van der Waals surface area contributed by atoms with Gasteiger partial charge in [-0.1, -0.05) is 0 Å². The van der Waals surface area contributed by atoms with Crippen LogP contribution in [0.1, 0.15) is 52.4 Å². The van der Waals surface area contributed by atoms with E-state index in [4.69, 9.17) is 14.2 Å². The van der Waals surface area contributed by atoms with Crippen LogP contribution in [0.5, 0.6) is 11.9 Å². The van der Waals surface area contributed by atoms with E-state index in [0.29, 0.717) is 24.4 Å². The molecule has 0 aromatic carbocycles. The second-order valence-electron chi connectivity index (χ2n) is 8.65. The molecule has 4 rings (SSSR count). The number of hydrogen-bond acceptors (Lipinski definition) is 6. The van der Waals surface area contributed by atoms with Crippen molar-refractivity contribution in [3.63, 3.8) is 0 Å². The molecule has 0 saturated heterocycles. The van der Waals surface area contributed by atoms with Gasteiger partial charge in [-0.3, -0.25) is 9.36 Å². The van der Waals surface area contributed by atoms with Gasteiger partial charge in [-0.05, 0) is 57.4 Å². The molecule has 1 atom stereocenters. The highest BCUT2D eigenvalue weighted by Gasteiger charge is 2.25. The zero-order chi connectivity index (χ0) is 21.1. The van der Waals surface area contributed by atoms with Crippen LogP contribution in [0.3, 0.4) is 0 Å². The molecule has 2 heterocycles. The zero-order valence-electron chi connectivity index (χ0n) is 18.1. The fourth-order valence-electron chi connectivity index (χ4n) is 3.85. The number of amides is 1. The molecule has 30 heavy (non-hydrogen) atoms. The van der Waals surface area contributed by atoms with E-state index in [1.807, 2.05) is 30.7 Å². The fourth-order valence-corrected chi connectivity index (χ4v) is 3.85. The van der Waals surface area contributed by atoms with Crippen LogP contribution in [-0.4, -0.2) is 51.9 Å². The second kappa shape index (κ2) is 9.20. The standard InChI is InChI=1S/C22H32N4O4/c1-14(23-15(2)27)12-28-17-6-8-18(9-7-17)30-20-11-10-19-21(25-20)26(3)22(24-19)29-13-16-4-5-16/h10-11,14,16-18H,4-9,12-13H2,1-3H3,(H,23,27)/t14-,17-,18-/m0/s1. The Labute approximate surface area is 177 Å². The Kier molecular flexibility index (Phi) is 6.41. The number of pyridine rings is 1. The van der Waals surface area contributed by atoms with Gasteiger partial charge in [0.05, 0.1) is 19.3 Å². The van der Waals surface area contributed by atoms with Gasteiger partial charge in [-0.2, -0.15) is 9.97 Å². The van der Waals surface area contributed by atoms with E-state index in [9.17, 15) is 4.79 Å². The average Bonchev–Trinajstić information content (AvgIpc) is 3.50. The number of carbonyl (C=O) groups excluding carboxylic acids is 1. The molecule has 2 aromatic rings. The van der Waals surface area contributed by atoms with Gasteiger partial charge in [0, 0.05) is 26.1 Å². The van der Waals surface area contributed by atoms with Crippen LogP contribution < -0.4 is 14.8 Å². The van der Waals surface area contributed by atoms with Crippen LogP contribution in [0.25, 0.3) is 11.2 Å². The Morgan fingerprint density at radius 1 is 1.17 bits per heavy atom. The third-order valence-corrected chi connectivity index (χ3v) is 5.74. The summed E-state index contributed by atoms with van der Waals surface area (Å²) in [7, 11) is 1.93. The molecule has 2 aromatic heterocycles. The molecule has 0 unspecified atom stereocenters. The predicted molar refractivity (Wildman–Crippen MR) is 113 cm³/mol. The summed E-state index contributed by atoms with van der Waals surface area (Å²) in [6.45, 7) is 4.76. The minimum absolute atomic E-state index is 0.0253. The molecule has 2 aliphatic carbocycles. The Morgan fingerprint density at radius 3 is 2.60 bits per heavy atom. The van der Waals surface area contributed by atoms with Crippen molar-refractivity contribution in [2.45, 2.75) is 70.6 Å². The molecule has 8 nitrogen and oxygen atoms in total. The highest BCUT2D eigenvalue weighted by molar-refractivity contribution is 5.73. The average molecular weight is 417 g/mol. The lowest BCUT2D eigenvalue weighted by atomic mass is 9.95. The number of nitrogens with one attached hydrogen (secondary N) is 1. The summed E-state index contributed by atoms with van der Waals surface area (Å²) < 4.78 is 19.8. The quantitative estimate of drug-likeness (QED) is 0.676. The number of fused-ring (bicyclic) bond motifs is 1. The number of hydrogen-bond donors (Lipinski definition) is 1. The molecule has 164 valence electrons. The number of aryl methyl sites for hydroxylation is 1. The van der Waals surface area contributed by atoms with Crippen molar-refractivity contribution in [2.24, 2.45) is 13.0 Å². The third kappa shape index (κ3) is 5.41. The Bertz CT molecular complexity index is 871. The van der Waals surface area contributed by atoms with Crippen molar-refractivity contribution < 1.29 is 19.0 Å². The zero-order valence-corrected chi connectivity index (χ0v) is 18.1. The maximum absolute atomic E-state index is 11.1. The van der Waals surface area contributed by atoms with Crippen molar-refractivity contribution in [3.05, 3.63) is 12.1 Å². The van der Waals surface area contributed by atoms with E-state index < -0.39 is 0 Å². The summed E-state index contributed by atoms with van der Waals surface area (Å²) in [4.78, 5) is 20.3. The Hall–Kier alpha value is -2.35. The molecule has 2 saturated carbocycles. The summed E-state index contributed by atoms with van der Waals surface area (Å²) >= 11 is 0.